The Morgan fingerprint density at radius 2 is 2.25 bits per heavy atom. The van der Waals surface area contributed by atoms with Crippen molar-refractivity contribution < 1.29 is 4.74 Å². The SMILES string of the molecule is CC(C)CC(Cl)CNCCCC1CCCO1. The number of hydrogen-bond donors (Lipinski definition) is 1. The Bertz CT molecular complexity index is 169. The molecule has 1 rings (SSSR count). The third kappa shape index (κ3) is 6.72. The summed E-state index contributed by atoms with van der Waals surface area (Å²) in [6, 6.07) is 0. The van der Waals surface area contributed by atoms with Crippen LogP contribution in [0, 0.1) is 5.92 Å². The maximum absolute atomic E-state index is 6.19. The molecule has 1 saturated heterocycles. The van der Waals surface area contributed by atoms with Crippen molar-refractivity contribution in [1.82, 2.24) is 5.32 Å². The number of rotatable bonds is 8. The Morgan fingerprint density at radius 3 is 2.88 bits per heavy atom. The smallest absolute Gasteiger partial charge is 0.0576 e. The molecule has 0 spiro atoms. The summed E-state index contributed by atoms with van der Waals surface area (Å²) in [6.07, 6.45) is 6.53. The van der Waals surface area contributed by atoms with Crippen molar-refractivity contribution in [2.75, 3.05) is 19.7 Å². The molecule has 16 heavy (non-hydrogen) atoms. The van der Waals surface area contributed by atoms with Gasteiger partial charge in [-0.1, -0.05) is 13.8 Å². The van der Waals surface area contributed by atoms with Gasteiger partial charge in [0.05, 0.1) is 6.10 Å². The van der Waals surface area contributed by atoms with Gasteiger partial charge < -0.3 is 10.1 Å². The van der Waals surface area contributed by atoms with Gasteiger partial charge in [0.15, 0.2) is 0 Å². The lowest BCUT2D eigenvalue weighted by Gasteiger charge is -2.13. The highest BCUT2D eigenvalue weighted by molar-refractivity contribution is 6.20. The average molecular weight is 248 g/mol. The average Bonchev–Trinajstić information content (AvgIpc) is 2.68. The van der Waals surface area contributed by atoms with Gasteiger partial charge >= 0.3 is 0 Å². The first-order chi connectivity index (χ1) is 7.68. The fourth-order valence-electron chi connectivity index (χ4n) is 2.18. The number of nitrogens with one attached hydrogen (secondary N) is 1. The Hall–Kier alpha value is 0.210. The molecule has 2 nitrogen and oxygen atoms in total. The Morgan fingerprint density at radius 1 is 1.44 bits per heavy atom. The number of halogens is 1. The van der Waals surface area contributed by atoms with Gasteiger partial charge in [0, 0.05) is 18.5 Å². The summed E-state index contributed by atoms with van der Waals surface area (Å²) in [5, 5.41) is 3.71. The molecule has 0 aliphatic carbocycles. The van der Waals surface area contributed by atoms with Crippen LogP contribution in [0.1, 0.15) is 46.0 Å². The molecule has 1 fully saturated rings. The number of ether oxygens (including phenoxy) is 1. The molecule has 0 bridgehead atoms. The van der Waals surface area contributed by atoms with E-state index in [-0.39, 0.29) is 5.38 Å². The van der Waals surface area contributed by atoms with Crippen LogP contribution in [0.3, 0.4) is 0 Å². The van der Waals surface area contributed by atoms with Crippen molar-refractivity contribution in [2.45, 2.75) is 57.4 Å². The zero-order chi connectivity index (χ0) is 11.8. The first kappa shape index (κ1) is 14.3. The molecule has 0 aromatic rings. The van der Waals surface area contributed by atoms with Gasteiger partial charge in [-0.15, -0.1) is 11.6 Å². The highest BCUT2D eigenvalue weighted by atomic mass is 35.5. The largest absolute Gasteiger partial charge is 0.378 e. The van der Waals surface area contributed by atoms with Gasteiger partial charge in [-0.2, -0.15) is 0 Å². The lowest BCUT2D eigenvalue weighted by atomic mass is 10.1. The van der Waals surface area contributed by atoms with Crippen molar-refractivity contribution >= 4 is 11.6 Å². The first-order valence-electron chi connectivity index (χ1n) is 6.65. The van der Waals surface area contributed by atoms with Crippen molar-refractivity contribution in [3.8, 4) is 0 Å². The van der Waals surface area contributed by atoms with Gasteiger partial charge in [-0.05, 0) is 44.6 Å². The highest BCUT2D eigenvalue weighted by Crippen LogP contribution is 2.16. The van der Waals surface area contributed by atoms with Crippen LogP contribution in [-0.2, 0) is 4.74 Å². The minimum Gasteiger partial charge on any atom is -0.378 e. The molecule has 1 aliphatic rings. The maximum atomic E-state index is 6.19. The van der Waals surface area contributed by atoms with Crippen molar-refractivity contribution in [3.63, 3.8) is 0 Å². The van der Waals surface area contributed by atoms with Crippen LogP contribution in [0.4, 0.5) is 0 Å². The topological polar surface area (TPSA) is 21.3 Å². The molecule has 0 aromatic carbocycles. The van der Waals surface area contributed by atoms with E-state index in [2.05, 4.69) is 19.2 Å². The van der Waals surface area contributed by atoms with Gasteiger partial charge in [-0.25, -0.2) is 0 Å². The van der Waals surface area contributed by atoms with Crippen molar-refractivity contribution in [2.24, 2.45) is 5.92 Å². The van der Waals surface area contributed by atoms with Gasteiger partial charge in [-0.3, -0.25) is 0 Å². The minimum absolute atomic E-state index is 0.280. The van der Waals surface area contributed by atoms with E-state index in [0.29, 0.717) is 12.0 Å². The van der Waals surface area contributed by atoms with E-state index in [1.807, 2.05) is 0 Å². The van der Waals surface area contributed by atoms with E-state index in [9.17, 15) is 0 Å². The Balaban J connectivity index is 1.87. The molecule has 0 amide bonds. The van der Waals surface area contributed by atoms with Crippen LogP contribution in [0.5, 0.6) is 0 Å². The summed E-state index contributed by atoms with van der Waals surface area (Å²) in [5.41, 5.74) is 0. The van der Waals surface area contributed by atoms with E-state index < -0.39 is 0 Å². The second-order valence-electron chi connectivity index (χ2n) is 5.21. The third-order valence-electron chi connectivity index (χ3n) is 3.00. The molecule has 2 atom stereocenters. The summed E-state index contributed by atoms with van der Waals surface area (Å²) in [7, 11) is 0. The monoisotopic (exact) mass is 247 g/mol. The standard InChI is InChI=1S/C13H26ClNO/c1-11(2)9-12(14)10-15-7-3-5-13-6-4-8-16-13/h11-13,15H,3-10H2,1-2H3. The molecule has 96 valence electrons. The van der Waals surface area contributed by atoms with E-state index in [1.165, 1.54) is 25.7 Å². The molecular weight excluding hydrogens is 222 g/mol. The number of hydrogen-bond acceptors (Lipinski definition) is 2. The summed E-state index contributed by atoms with van der Waals surface area (Å²) in [5.74, 6) is 0.691. The molecule has 0 aromatic heterocycles. The van der Waals surface area contributed by atoms with Crippen molar-refractivity contribution in [3.05, 3.63) is 0 Å². The highest BCUT2D eigenvalue weighted by Gasteiger charge is 2.14. The zero-order valence-corrected chi connectivity index (χ0v) is 11.4. The normalized spacial score (nSPS) is 22.9. The molecule has 0 saturated carbocycles. The summed E-state index contributed by atoms with van der Waals surface area (Å²) in [6.45, 7) is 7.41. The predicted octanol–water partition coefficient (Wildman–Crippen LogP) is 3.19. The second-order valence-corrected chi connectivity index (χ2v) is 5.83. The fourth-order valence-corrected chi connectivity index (χ4v) is 2.65. The third-order valence-corrected chi connectivity index (χ3v) is 3.33. The Kier molecular flexibility index (Phi) is 7.42. The van der Waals surface area contributed by atoms with Gasteiger partial charge in [0.1, 0.15) is 0 Å². The lowest BCUT2D eigenvalue weighted by molar-refractivity contribution is 0.102. The number of alkyl halides is 1. The van der Waals surface area contributed by atoms with E-state index in [0.717, 1.165) is 26.1 Å². The quantitative estimate of drug-likeness (QED) is 0.526. The van der Waals surface area contributed by atoms with E-state index in [4.69, 9.17) is 16.3 Å². The molecule has 1 N–H and O–H groups in total. The van der Waals surface area contributed by atoms with Crippen LogP contribution in [-0.4, -0.2) is 31.2 Å². The molecule has 2 unspecified atom stereocenters. The molecular formula is C13H26ClNO. The van der Waals surface area contributed by atoms with Crippen LogP contribution < -0.4 is 5.32 Å². The van der Waals surface area contributed by atoms with Crippen LogP contribution in [0.2, 0.25) is 0 Å². The molecule has 1 heterocycles. The van der Waals surface area contributed by atoms with E-state index >= 15 is 0 Å². The van der Waals surface area contributed by atoms with E-state index in [1.54, 1.807) is 0 Å². The zero-order valence-electron chi connectivity index (χ0n) is 10.7. The summed E-state index contributed by atoms with van der Waals surface area (Å²) >= 11 is 6.19. The van der Waals surface area contributed by atoms with Crippen LogP contribution >= 0.6 is 11.6 Å². The van der Waals surface area contributed by atoms with Crippen LogP contribution in [0.25, 0.3) is 0 Å². The molecule has 0 radical (unpaired) electrons. The van der Waals surface area contributed by atoms with Gasteiger partial charge in [0.2, 0.25) is 0 Å². The molecule has 1 aliphatic heterocycles. The summed E-state index contributed by atoms with van der Waals surface area (Å²) in [4.78, 5) is 0. The van der Waals surface area contributed by atoms with Gasteiger partial charge in [0.25, 0.3) is 0 Å². The Labute approximate surface area is 105 Å². The predicted molar refractivity (Wildman–Crippen MR) is 70.2 cm³/mol. The molecule has 3 heteroatoms. The first-order valence-corrected chi connectivity index (χ1v) is 7.08. The fraction of sp³-hybridized carbons (Fsp3) is 1.00. The second kappa shape index (κ2) is 8.32. The maximum Gasteiger partial charge on any atom is 0.0576 e. The summed E-state index contributed by atoms with van der Waals surface area (Å²) < 4.78 is 5.58. The van der Waals surface area contributed by atoms with Crippen molar-refractivity contribution in [1.29, 1.82) is 0 Å². The lowest BCUT2D eigenvalue weighted by Crippen LogP contribution is -2.25. The minimum atomic E-state index is 0.280. The van der Waals surface area contributed by atoms with Crippen LogP contribution in [0.15, 0.2) is 0 Å².